The Balaban J connectivity index is 2.52. The lowest BCUT2D eigenvalue weighted by molar-refractivity contribution is -0.141. The van der Waals surface area contributed by atoms with Crippen LogP contribution in [0.15, 0.2) is 18.3 Å². The van der Waals surface area contributed by atoms with E-state index in [0.717, 1.165) is 11.3 Å². The first-order valence-electron chi connectivity index (χ1n) is 5.39. The number of rotatable bonds is 5. The first kappa shape index (κ1) is 12.6. The van der Waals surface area contributed by atoms with Crippen LogP contribution in [0.2, 0.25) is 0 Å². The lowest BCUT2D eigenvalue weighted by atomic mass is 10.0. The van der Waals surface area contributed by atoms with Crippen molar-refractivity contribution in [3.63, 3.8) is 0 Å². The number of nitrogens with zero attached hydrogens (tertiary/aromatic N) is 1. The second-order valence-corrected chi connectivity index (χ2v) is 4.06. The third kappa shape index (κ3) is 3.31. The van der Waals surface area contributed by atoms with Gasteiger partial charge >= 0.3 is 5.97 Å². The molecule has 0 fully saturated rings. The molecule has 2 atom stereocenters. The fourth-order valence-corrected chi connectivity index (χ4v) is 1.35. The van der Waals surface area contributed by atoms with Crippen LogP contribution in [0.5, 0.6) is 0 Å². The molecular weight excluding hydrogens is 204 g/mol. The van der Waals surface area contributed by atoms with Crippen LogP contribution < -0.4 is 5.32 Å². The van der Waals surface area contributed by atoms with Crippen molar-refractivity contribution < 1.29 is 9.90 Å². The van der Waals surface area contributed by atoms with Gasteiger partial charge in [-0.15, -0.1) is 0 Å². The predicted octanol–water partition coefficient (Wildman–Crippen LogP) is 1.59. The summed E-state index contributed by atoms with van der Waals surface area (Å²) in [5.41, 5.74) is 2.08. The SMILES string of the molecule is Cc1cccnc1CNC(C)C(C)C(=O)O. The zero-order valence-electron chi connectivity index (χ0n) is 9.90. The minimum atomic E-state index is -0.780. The molecule has 0 saturated heterocycles. The molecule has 16 heavy (non-hydrogen) atoms. The van der Waals surface area contributed by atoms with Crippen molar-refractivity contribution in [3.8, 4) is 0 Å². The highest BCUT2D eigenvalue weighted by Crippen LogP contribution is 2.06. The van der Waals surface area contributed by atoms with Gasteiger partial charge in [0, 0.05) is 18.8 Å². The number of carboxylic acids is 1. The Hall–Kier alpha value is -1.42. The summed E-state index contributed by atoms with van der Waals surface area (Å²) in [6.07, 6.45) is 1.75. The van der Waals surface area contributed by atoms with Crippen molar-refractivity contribution in [2.75, 3.05) is 0 Å². The van der Waals surface area contributed by atoms with E-state index in [-0.39, 0.29) is 6.04 Å². The van der Waals surface area contributed by atoms with Crippen LogP contribution >= 0.6 is 0 Å². The molecule has 0 aliphatic rings. The van der Waals surface area contributed by atoms with Gasteiger partial charge < -0.3 is 10.4 Å². The van der Waals surface area contributed by atoms with Crippen molar-refractivity contribution in [2.45, 2.75) is 33.4 Å². The van der Waals surface area contributed by atoms with Crippen molar-refractivity contribution in [1.82, 2.24) is 10.3 Å². The predicted molar refractivity (Wildman–Crippen MR) is 62.1 cm³/mol. The molecule has 88 valence electrons. The van der Waals surface area contributed by atoms with E-state index in [4.69, 9.17) is 5.11 Å². The van der Waals surface area contributed by atoms with Gasteiger partial charge in [-0.1, -0.05) is 13.0 Å². The number of carboxylic acid groups (broad SMARTS) is 1. The highest BCUT2D eigenvalue weighted by Gasteiger charge is 2.18. The molecule has 0 amide bonds. The van der Waals surface area contributed by atoms with Crippen molar-refractivity contribution >= 4 is 5.97 Å². The fraction of sp³-hybridized carbons (Fsp3) is 0.500. The number of nitrogens with one attached hydrogen (secondary N) is 1. The molecule has 1 rings (SSSR count). The molecule has 2 N–H and O–H groups in total. The molecule has 1 aromatic rings. The van der Waals surface area contributed by atoms with Crippen molar-refractivity contribution in [1.29, 1.82) is 0 Å². The van der Waals surface area contributed by atoms with E-state index in [2.05, 4.69) is 10.3 Å². The van der Waals surface area contributed by atoms with Gasteiger partial charge in [-0.05, 0) is 25.5 Å². The maximum Gasteiger partial charge on any atom is 0.307 e. The largest absolute Gasteiger partial charge is 0.481 e. The quantitative estimate of drug-likeness (QED) is 0.794. The molecular formula is C12H18N2O2. The average molecular weight is 222 g/mol. The third-order valence-electron chi connectivity index (χ3n) is 2.85. The lowest BCUT2D eigenvalue weighted by Crippen LogP contribution is -2.36. The summed E-state index contributed by atoms with van der Waals surface area (Å²) in [7, 11) is 0. The van der Waals surface area contributed by atoms with Crippen LogP contribution in [0.3, 0.4) is 0 Å². The zero-order chi connectivity index (χ0) is 12.1. The van der Waals surface area contributed by atoms with E-state index in [1.165, 1.54) is 0 Å². The molecule has 0 radical (unpaired) electrons. The molecule has 0 saturated carbocycles. The molecule has 1 heterocycles. The monoisotopic (exact) mass is 222 g/mol. The number of aromatic nitrogens is 1. The Bertz CT molecular complexity index is 366. The maximum absolute atomic E-state index is 10.8. The minimum absolute atomic E-state index is 0.0705. The van der Waals surface area contributed by atoms with E-state index in [1.54, 1.807) is 13.1 Å². The second-order valence-electron chi connectivity index (χ2n) is 4.06. The summed E-state index contributed by atoms with van der Waals surface area (Å²) in [5.74, 6) is -1.18. The van der Waals surface area contributed by atoms with Crippen molar-refractivity contribution in [2.24, 2.45) is 5.92 Å². The Morgan fingerprint density at radius 2 is 2.25 bits per heavy atom. The van der Waals surface area contributed by atoms with Gasteiger partial charge in [0.15, 0.2) is 0 Å². The lowest BCUT2D eigenvalue weighted by Gasteiger charge is -2.17. The number of pyridine rings is 1. The topological polar surface area (TPSA) is 62.2 Å². The number of carbonyl (C=O) groups is 1. The van der Waals surface area contributed by atoms with Gasteiger partial charge in [0.25, 0.3) is 0 Å². The first-order chi connectivity index (χ1) is 7.52. The van der Waals surface area contributed by atoms with Crippen LogP contribution in [0, 0.1) is 12.8 Å². The highest BCUT2D eigenvalue weighted by atomic mass is 16.4. The highest BCUT2D eigenvalue weighted by molar-refractivity contribution is 5.70. The summed E-state index contributed by atoms with van der Waals surface area (Å²) in [4.78, 5) is 15.0. The van der Waals surface area contributed by atoms with Crippen LogP contribution in [0.1, 0.15) is 25.1 Å². The summed E-state index contributed by atoms with van der Waals surface area (Å²) >= 11 is 0. The fourth-order valence-electron chi connectivity index (χ4n) is 1.35. The van der Waals surface area contributed by atoms with Gasteiger partial charge in [-0.2, -0.15) is 0 Å². The van der Waals surface area contributed by atoms with Crippen LogP contribution in [-0.2, 0) is 11.3 Å². The van der Waals surface area contributed by atoms with Gasteiger partial charge in [0.2, 0.25) is 0 Å². The summed E-state index contributed by atoms with van der Waals surface area (Å²) in [6, 6.07) is 3.82. The zero-order valence-corrected chi connectivity index (χ0v) is 9.90. The van der Waals surface area contributed by atoms with Gasteiger partial charge in [0.05, 0.1) is 11.6 Å². The molecule has 0 bridgehead atoms. The third-order valence-corrected chi connectivity index (χ3v) is 2.85. The maximum atomic E-state index is 10.8. The molecule has 4 heteroatoms. The average Bonchev–Trinajstić information content (AvgIpc) is 2.26. The van der Waals surface area contributed by atoms with Crippen LogP contribution in [0.4, 0.5) is 0 Å². The number of aryl methyl sites for hydroxylation is 1. The number of hydrogen-bond acceptors (Lipinski definition) is 3. The van der Waals surface area contributed by atoms with E-state index in [1.807, 2.05) is 26.0 Å². The molecule has 0 aliphatic heterocycles. The van der Waals surface area contributed by atoms with Crippen molar-refractivity contribution in [3.05, 3.63) is 29.6 Å². The summed E-state index contributed by atoms with van der Waals surface area (Å²) in [6.45, 7) is 6.17. The normalized spacial score (nSPS) is 14.4. The number of hydrogen-bond donors (Lipinski definition) is 2. The Kier molecular flexibility index (Phi) is 4.43. The second kappa shape index (κ2) is 5.61. The Labute approximate surface area is 95.7 Å². The first-order valence-corrected chi connectivity index (χ1v) is 5.39. The molecule has 0 spiro atoms. The van der Waals surface area contributed by atoms with E-state index in [0.29, 0.717) is 6.54 Å². The molecule has 2 unspecified atom stereocenters. The van der Waals surface area contributed by atoms with Crippen LogP contribution in [-0.4, -0.2) is 22.1 Å². The van der Waals surface area contributed by atoms with Crippen LogP contribution in [0.25, 0.3) is 0 Å². The smallest absolute Gasteiger partial charge is 0.307 e. The molecule has 4 nitrogen and oxygen atoms in total. The Morgan fingerprint density at radius 1 is 1.56 bits per heavy atom. The molecule has 0 aliphatic carbocycles. The minimum Gasteiger partial charge on any atom is -0.481 e. The standard InChI is InChI=1S/C12H18N2O2/c1-8-5-4-6-13-11(8)7-14-10(3)9(2)12(15)16/h4-6,9-10,14H,7H2,1-3H3,(H,15,16). The van der Waals surface area contributed by atoms with E-state index >= 15 is 0 Å². The molecule has 1 aromatic heterocycles. The van der Waals surface area contributed by atoms with E-state index < -0.39 is 11.9 Å². The van der Waals surface area contributed by atoms with Gasteiger partial charge in [-0.3, -0.25) is 9.78 Å². The van der Waals surface area contributed by atoms with Gasteiger partial charge in [-0.25, -0.2) is 0 Å². The molecule has 0 aromatic carbocycles. The van der Waals surface area contributed by atoms with E-state index in [9.17, 15) is 4.79 Å². The Morgan fingerprint density at radius 3 is 2.81 bits per heavy atom. The number of aliphatic carboxylic acids is 1. The summed E-state index contributed by atoms with van der Waals surface area (Å²) in [5, 5.41) is 12.0. The summed E-state index contributed by atoms with van der Waals surface area (Å²) < 4.78 is 0. The van der Waals surface area contributed by atoms with Gasteiger partial charge in [0.1, 0.15) is 0 Å².